The number of carbonyl (C=O) groups excluding carboxylic acids is 1. The van der Waals surface area contributed by atoms with Crippen molar-refractivity contribution in [2.45, 2.75) is 6.10 Å². The van der Waals surface area contributed by atoms with Crippen molar-refractivity contribution >= 4 is 6.41 Å². The Labute approximate surface area is 81.8 Å². The van der Waals surface area contributed by atoms with Gasteiger partial charge in [-0.3, -0.25) is 4.79 Å². The van der Waals surface area contributed by atoms with Crippen LogP contribution >= 0.6 is 0 Å². The smallest absolute Gasteiger partial charge is 0.207 e. The van der Waals surface area contributed by atoms with Gasteiger partial charge in [0.1, 0.15) is 0 Å². The molecule has 2 N–H and O–H groups in total. The fourth-order valence-corrected chi connectivity index (χ4v) is 1.06. The highest BCUT2D eigenvalue weighted by Crippen LogP contribution is 2.12. The van der Waals surface area contributed by atoms with Crippen molar-refractivity contribution in [2.24, 2.45) is 0 Å². The van der Waals surface area contributed by atoms with Crippen LogP contribution in [0, 0.1) is 11.3 Å². The zero-order chi connectivity index (χ0) is 10.4. The topological polar surface area (TPSA) is 73.1 Å². The molecule has 72 valence electrons. The summed E-state index contributed by atoms with van der Waals surface area (Å²) in [4.78, 5) is 9.98. The predicted molar refractivity (Wildman–Crippen MR) is 50.2 cm³/mol. The molecule has 0 radical (unpaired) electrons. The lowest BCUT2D eigenvalue weighted by Gasteiger charge is -2.09. The summed E-state index contributed by atoms with van der Waals surface area (Å²) in [6.07, 6.45) is -0.194. The highest BCUT2D eigenvalue weighted by Gasteiger charge is 2.05. The summed E-state index contributed by atoms with van der Waals surface area (Å²) in [5.41, 5.74) is 1.22. The number of aliphatic hydroxyl groups is 1. The summed E-state index contributed by atoms with van der Waals surface area (Å²) in [6, 6.07) is 8.56. The van der Waals surface area contributed by atoms with Crippen molar-refractivity contribution in [3.8, 4) is 6.07 Å². The number of carbonyl (C=O) groups is 1. The first-order chi connectivity index (χ1) is 6.77. The van der Waals surface area contributed by atoms with Crippen molar-refractivity contribution in [3.05, 3.63) is 35.4 Å². The summed E-state index contributed by atoms with van der Waals surface area (Å²) in [5, 5.41) is 20.4. The lowest BCUT2D eigenvalue weighted by molar-refractivity contribution is -0.109. The maximum absolute atomic E-state index is 9.98. The van der Waals surface area contributed by atoms with E-state index < -0.39 is 6.10 Å². The number of hydrogen-bond acceptors (Lipinski definition) is 3. The highest BCUT2D eigenvalue weighted by atomic mass is 16.3. The molecule has 0 saturated carbocycles. The van der Waals surface area contributed by atoms with Gasteiger partial charge in [-0.25, -0.2) is 0 Å². The number of amides is 1. The Balaban J connectivity index is 2.67. The van der Waals surface area contributed by atoms with E-state index in [1.54, 1.807) is 24.3 Å². The van der Waals surface area contributed by atoms with Crippen molar-refractivity contribution < 1.29 is 9.90 Å². The molecule has 0 bridgehead atoms. The van der Waals surface area contributed by atoms with Gasteiger partial charge in [0.15, 0.2) is 0 Å². The fraction of sp³-hybridized carbons (Fsp3) is 0.200. The molecule has 0 aliphatic heterocycles. The van der Waals surface area contributed by atoms with Crippen LogP contribution in [0.25, 0.3) is 0 Å². The Morgan fingerprint density at radius 2 is 2.14 bits per heavy atom. The summed E-state index contributed by atoms with van der Waals surface area (Å²) < 4.78 is 0. The first-order valence-electron chi connectivity index (χ1n) is 4.13. The van der Waals surface area contributed by atoms with Crippen LogP contribution in [0.2, 0.25) is 0 Å². The number of nitrogens with one attached hydrogen (secondary N) is 1. The summed E-state index contributed by atoms with van der Waals surface area (Å²) in [6.45, 7) is 0.176. The third-order valence-electron chi connectivity index (χ3n) is 1.82. The third-order valence-corrected chi connectivity index (χ3v) is 1.82. The number of nitrogens with zero attached hydrogens (tertiary/aromatic N) is 1. The van der Waals surface area contributed by atoms with Crippen LogP contribution in [-0.2, 0) is 4.79 Å². The lowest BCUT2D eigenvalue weighted by Crippen LogP contribution is -2.19. The second kappa shape index (κ2) is 5.00. The van der Waals surface area contributed by atoms with Crippen LogP contribution in [0.15, 0.2) is 24.3 Å². The molecule has 1 atom stereocenters. The van der Waals surface area contributed by atoms with Crippen LogP contribution < -0.4 is 5.32 Å². The second-order valence-corrected chi connectivity index (χ2v) is 2.78. The first kappa shape index (κ1) is 10.2. The average Bonchev–Trinajstić information content (AvgIpc) is 2.26. The van der Waals surface area contributed by atoms with Gasteiger partial charge < -0.3 is 10.4 Å². The zero-order valence-electron chi connectivity index (χ0n) is 7.47. The Kier molecular flexibility index (Phi) is 3.65. The first-order valence-corrected chi connectivity index (χ1v) is 4.13. The SMILES string of the molecule is N#Cc1ccc(C(O)CNC=O)cc1. The van der Waals surface area contributed by atoms with Crippen molar-refractivity contribution in [1.82, 2.24) is 5.32 Å². The molecule has 0 heterocycles. The molecular weight excluding hydrogens is 180 g/mol. The maximum Gasteiger partial charge on any atom is 0.207 e. The molecule has 1 amide bonds. The second-order valence-electron chi connectivity index (χ2n) is 2.78. The largest absolute Gasteiger partial charge is 0.387 e. The van der Waals surface area contributed by atoms with Gasteiger partial charge in [0.05, 0.1) is 17.7 Å². The summed E-state index contributed by atoms with van der Waals surface area (Å²) in [7, 11) is 0. The zero-order valence-corrected chi connectivity index (χ0v) is 7.47. The van der Waals surface area contributed by atoms with Gasteiger partial charge in [0, 0.05) is 6.54 Å². The molecule has 0 spiro atoms. The fourth-order valence-electron chi connectivity index (χ4n) is 1.06. The number of hydrogen-bond donors (Lipinski definition) is 2. The van der Waals surface area contributed by atoms with Gasteiger partial charge in [-0.05, 0) is 17.7 Å². The molecule has 0 aliphatic rings. The molecule has 4 heteroatoms. The normalized spacial score (nSPS) is 11.4. The molecule has 0 aliphatic carbocycles. The summed E-state index contributed by atoms with van der Waals surface area (Å²) in [5.74, 6) is 0. The van der Waals surface area contributed by atoms with Crippen LogP contribution in [-0.4, -0.2) is 18.1 Å². The minimum absolute atomic E-state index is 0.176. The predicted octanol–water partition coefficient (Wildman–Crippen LogP) is 0.338. The van der Waals surface area contributed by atoms with Gasteiger partial charge in [-0.15, -0.1) is 0 Å². The molecular formula is C10H10N2O2. The molecule has 14 heavy (non-hydrogen) atoms. The Hall–Kier alpha value is -1.86. The lowest BCUT2D eigenvalue weighted by atomic mass is 10.1. The van der Waals surface area contributed by atoms with E-state index in [2.05, 4.69) is 5.32 Å². The molecule has 1 rings (SSSR count). The minimum atomic E-state index is -0.729. The van der Waals surface area contributed by atoms with Gasteiger partial charge in [-0.2, -0.15) is 5.26 Å². The maximum atomic E-state index is 9.98. The van der Waals surface area contributed by atoms with Gasteiger partial charge >= 0.3 is 0 Å². The monoisotopic (exact) mass is 190 g/mol. The quantitative estimate of drug-likeness (QED) is 0.672. The van der Waals surface area contributed by atoms with Gasteiger partial charge in [0.2, 0.25) is 6.41 Å². The molecule has 0 aromatic heterocycles. The van der Waals surface area contributed by atoms with E-state index in [1.165, 1.54) is 0 Å². The number of aliphatic hydroxyl groups excluding tert-OH is 1. The number of benzene rings is 1. The highest BCUT2D eigenvalue weighted by molar-refractivity contribution is 5.46. The Bertz CT molecular complexity index is 340. The Morgan fingerprint density at radius 1 is 1.50 bits per heavy atom. The van der Waals surface area contributed by atoms with Crippen LogP contribution in [0.1, 0.15) is 17.2 Å². The van der Waals surface area contributed by atoms with Crippen LogP contribution in [0.3, 0.4) is 0 Å². The van der Waals surface area contributed by atoms with E-state index in [0.29, 0.717) is 17.5 Å². The van der Waals surface area contributed by atoms with Gasteiger partial charge in [0.25, 0.3) is 0 Å². The van der Waals surface area contributed by atoms with Crippen LogP contribution in [0.5, 0.6) is 0 Å². The molecule has 1 aromatic rings. The van der Waals surface area contributed by atoms with Crippen molar-refractivity contribution in [3.63, 3.8) is 0 Å². The average molecular weight is 190 g/mol. The van der Waals surface area contributed by atoms with E-state index >= 15 is 0 Å². The van der Waals surface area contributed by atoms with Gasteiger partial charge in [-0.1, -0.05) is 12.1 Å². The molecule has 0 fully saturated rings. The number of nitriles is 1. The standard InChI is InChI=1S/C10H10N2O2/c11-5-8-1-3-9(4-2-8)10(14)6-12-7-13/h1-4,7,10,14H,6H2,(H,12,13). The molecule has 1 unspecified atom stereocenters. The minimum Gasteiger partial charge on any atom is -0.387 e. The number of rotatable bonds is 4. The molecule has 4 nitrogen and oxygen atoms in total. The van der Waals surface area contributed by atoms with Crippen LogP contribution in [0.4, 0.5) is 0 Å². The third kappa shape index (κ3) is 2.57. The van der Waals surface area contributed by atoms with E-state index in [9.17, 15) is 9.90 Å². The van der Waals surface area contributed by atoms with E-state index in [4.69, 9.17) is 5.26 Å². The Morgan fingerprint density at radius 3 is 2.64 bits per heavy atom. The van der Waals surface area contributed by atoms with E-state index in [-0.39, 0.29) is 6.54 Å². The van der Waals surface area contributed by atoms with E-state index in [0.717, 1.165) is 0 Å². The van der Waals surface area contributed by atoms with Crippen molar-refractivity contribution in [2.75, 3.05) is 6.54 Å². The van der Waals surface area contributed by atoms with Crippen molar-refractivity contribution in [1.29, 1.82) is 5.26 Å². The summed E-state index contributed by atoms with van der Waals surface area (Å²) >= 11 is 0. The molecule has 0 saturated heterocycles. The van der Waals surface area contributed by atoms with E-state index in [1.807, 2.05) is 6.07 Å². The molecule has 1 aromatic carbocycles.